The van der Waals surface area contributed by atoms with Crippen molar-refractivity contribution in [2.24, 2.45) is 0 Å². The molecule has 1 aliphatic heterocycles. The van der Waals surface area contributed by atoms with Crippen molar-refractivity contribution >= 4 is 52.5 Å². The molecule has 0 spiro atoms. The predicted molar refractivity (Wildman–Crippen MR) is 125 cm³/mol. The molecule has 31 heavy (non-hydrogen) atoms. The molecule has 1 fully saturated rings. The summed E-state index contributed by atoms with van der Waals surface area (Å²) in [6.45, 7) is 2.43. The zero-order chi connectivity index (χ0) is 22.0. The molecule has 3 aromatic rings. The predicted octanol–water partition coefficient (Wildman–Crippen LogP) is 4.36. The summed E-state index contributed by atoms with van der Waals surface area (Å²) in [5, 5.41) is 3.25. The van der Waals surface area contributed by atoms with Gasteiger partial charge in [0.15, 0.2) is 5.11 Å². The number of hydrogen-bond acceptors (Lipinski definition) is 4. The second-order valence-corrected chi connectivity index (χ2v) is 7.49. The molecule has 0 saturated carbocycles. The summed E-state index contributed by atoms with van der Waals surface area (Å²) in [4.78, 5) is 27.1. The van der Waals surface area contributed by atoms with E-state index in [2.05, 4.69) is 5.32 Å². The number of rotatable bonds is 5. The summed E-state index contributed by atoms with van der Waals surface area (Å²) in [5.41, 5.74) is 2.04. The lowest BCUT2D eigenvalue weighted by Gasteiger charge is -2.29. The van der Waals surface area contributed by atoms with Gasteiger partial charge >= 0.3 is 0 Å². The smallest absolute Gasteiger partial charge is 0.270 e. The molecule has 0 unspecified atom stereocenters. The molecule has 4 rings (SSSR count). The highest BCUT2D eigenvalue weighted by Gasteiger charge is 2.34. The molecule has 1 aliphatic rings. The lowest BCUT2D eigenvalue weighted by Crippen LogP contribution is -2.54. The van der Waals surface area contributed by atoms with Crippen LogP contribution in [0.25, 0.3) is 11.8 Å². The fourth-order valence-electron chi connectivity index (χ4n) is 3.25. The van der Waals surface area contributed by atoms with Gasteiger partial charge in [-0.1, -0.05) is 11.6 Å². The van der Waals surface area contributed by atoms with Crippen LogP contribution in [0.2, 0.25) is 5.02 Å². The number of hydrogen-bond donors (Lipinski definition) is 1. The van der Waals surface area contributed by atoms with Crippen LogP contribution in [0.4, 0.5) is 5.69 Å². The highest BCUT2D eigenvalue weighted by atomic mass is 35.5. The number of nitrogens with one attached hydrogen (secondary N) is 1. The Bertz CT molecular complexity index is 1180. The molecule has 0 aliphatic carbocycles. The summed E-state index contributed by atoms with van der Waals surface area (Å²) >= 11 is 11.2. The van der Waals surface area contributed by atoms with Crippen molar-refractivity contribution in [1.29, 1.82) is 0 Å². The Morgan fingerprint density at radius 1 is 1.03 bits per heavy atom. The molecule has 8 heteroatoms. The highest BCUT2D eigenvalue weighted by molar-refractivity contribution is 7.80. The third kappa shape index (κ3) is 4.23. The molecule has 156 valence electrons. The first-order chi connectivity index (χ1) is 15.0. The third-order valence-corrected chi connectivity index (χ3v) is 5.22. The topological polar surface area (TPSA) is 63.6 Å². The zero-order valence-electron chi connectivity index (χ0n) is 16.5. The SMILES string of the molecule is CCOc1ccc(N2C(=O)C(=Cc3cccn3-c3ccc(Cl)cc3)C(=O)NC2=S)cc1. The van der Waals surface area contributed by atoms with Gasteiger partial charge in [-0.15, -0.1) is 0 Å². The van der Waals surface area contributed by atoms with Gasteiger partial charge in [0.05, 0.1) is 12.3 Å². The van der Waals surface area contributed by atoms with Gasteiger partial charge in [-0.05, 0) is 85.9 Å². The molecule has 1 saturated heterocycles. The van der Waals surface area contributed by atoms with E-state index in [0.29, 0.717) is 28.8 Å². The van der Waals surface area contributed by atoms with Crippen molar-refractivity contribution in [1.82, 2.24) is 9.88 Å². The average molecular weight is 452 g/mol. The summed E-state index contributed by atoms with van der Waals surface area (Å²) < 4.78 is 7.30. The van der Waals surface area contributed by atoms with E-state index in [4.69, 9.17) is 28.6 Å². The van der Waals surface area contributed by atoms with Gasteiger partial charge in [0.2, 0.25) is 0 Å². The van der Waals surface area contributed by atoms with Gasteiger partial charge in [0.25, 0.3) is 11.8 Å². The fourth-order valence-corrected chi connectivity index (χ4v) is 3.65. The van der Waals surface area contributed by atoms with E-state index < -0.39 is 11.8 Å². The second-order valence-electron chi connectivity index (χ2n) is 6.66. The average Bonchev–Trinajstić information content (AvgIpc) is 3.21. The van der Waals surface area contributed by atoms with E-state index in [1.165, 1.54) is 4.90 Å². The van der Waals surface area contributed by atoms with Crippen LogP contribution in [0.5, 0.6) is 5.75 Å². The van der Waals surface area contributed by atoms with Crippen molar-refractivity contribution in [3.05, 3.63) is 83.2 Å². The van der Waals surface area contributed by atoms with Gasteiger partial charge < -0.3 is 9.30 Å². The quantitative estimate of drug-likeness (QED) is 0.355. The molecular formula is C23H18ClN3O3S. The van der Waals surface area contributed by atoms with Gasteiger partial charge in [-0.2, -0.15) is 0 Å². The molecule has 2 amide bonds. The summed E-state index contributed by atoms with van der Waals surface area (Å²) in [6, 6.07) is 17.9. The normalized spacial score (nSPS) is 15.4. The van der Waals surface area contributed by atoms with E-state index in [1.54, 1.807) is 42.5 Å². The Morgan fingerprint density at radius 2 is 1.71 bits per heavy atom. The maximum absolute atomic E-state index is 13.2. The number of halogens is 1. The standard InChI is InChI=1S/C23H18ClN3O3S/c1-2-30-19-11-9-17(10-12-19)27-22(29)20(21(28)25-23(27)31)14-18-4-3-13-26(18)16-7-5-15(24)6-8-16/h3-14H,2H2,1H3,(H,25,28,31). The minimum atomic E-state index is -0.541. The summed E-state index contributed by atoms with van der Waals surface area (Å²) in [7, 11) is 0. The van der Waals surface area contributed by atoms with Crippen molar-refractivity contribution in [3.63, 3.8) is 0 Å². The number of carbonyl (C=O) groups is 2. The number of amides is 2. The first-order valence-corrected chi connectivity index (χ1v) is 10.3. The number of anilines is 1. The fraction of sp³-hybridized carbons (Fsp3) is 0.0870. The number of ether oxygens (including phenoxy) is 1. The van der Waals surface area contributed by atoms with Crippen LogP contribution >= 0.6 is 23.8 Å². The lowest BCUT2D eigenvalue weighted by molar-refractivity contribution is -0.122. The van der Waals surface area contributed by atoms with Gasteiger partial charge in [-0.3, -0.25) is 19.8 Å². The largest absolute Gasteiger partial charge is 0.494 e. The van der Waals surface area contributed by atoms with Crippen LogP contribution in [0.15, 0.2) is 72.4 Å². The molecule has 0 radical (unpaired) electrons. The Morgan fingerprint density at radius 3 is 2.39 bits per heavy atom. The minimum absolute atomic E-state index is 0.0172. The van der Waals surface area contributed by atoms with Crippen LogP contribution < -0.4 is 15.0 Å². The Hall–Kier alpha value is -3.42. The van der Waals surface area contributed by atoms with E-state index in [0.717, 1.165) is 5.69 Å². The number of aromatic nitrogens is 1. The van der Waals surface area contributed by atoms with Crippen LogP contribution in [-0.4, -0.2) is 28.1 Å². The molecule has 2 aromatic carbocycles. The number of thiocarbonyl (C=S) groups is 1. The van der Waals surface area contributed by atoms with Crippen molar-refractivity contribution in [2.45, 2.75) is 6.92 Å². The minimum Gasteiger partial charge on any atom is -0.494 e. The number of nitrogens with zero attached hydrogens (tertiary/aromatic N) is 2. The Labute approximate surface area is 189 Å². The van der Waals surface area contributed by atoms with E-state index in [9.17, 15) is 9.59 Å². The Balaban J connectivity index is 1.69. The van der Waals surface area contributed by atoms with Gasteiger partial charge in [0, 0.05) is 22.6 Å². The maximum Gasteiger partial charge on any atom is 0.270 e. The first kappa shape index (κ1) is 20.8. The monoisotopic (exact) mass is 451 g/mol. The van der Waals surface area contributed by atoms with E-state index in [-0.39, 0.29) is 10.7 Å². The Kier molecular flexibility index (Phi) is 5.88. The van der Waals surface area contributed by atoms with Crippen LogP contribution in [0.1, 0.15) is 12.6 Å². The molecule has 1 N–H and O–H groups in total. The van der Waals surface area contributed by atoms with Crippen molar-refractivity contribution in [3.8, 4) is 11.4 Å². The van der Waals surface area contributed by atoms with Gasteiger partial charge in [-0.25, -0.2) is 0 Å². The van der Waals surface area contributed by atoms with Crippen LogP contribution in [-0.2, 0) is 9.59 Å². The third-order valence-electron chi connectivity index (χ3n) is 4.68. The maximum atomic E-state index is 13.2. The summed E-state index contributed by atoms with van der Waals surface area (Å²) in [5.74, 6) is -0.356. The van der Waals surface area contributed by atoms with E-state index in [1.807, 2.05) is 42.0 Å². The molecule has 0 bridgehead atoms. The summed E-state index contributed by atoms with van der Waals surface area (Å²) in [6.07, 6.45) is 3.39. The molecular weight excluding hydrogens is 434 g/mol. The van der Waals surface area contributed by atoms with E-state index >= 15 is 0 Å². The second kappa shape index (κ2) is 8.75. The van der Waals surface area contributed by atoms with Crippen LogP contribution in [0.3, 0.4) is 0 Å². The molecule has 2 heterocycles. The highest BCUT2D eigenvalue weighted by Crippen LogP contribution is 2.25. The number of benzene rings is 2. The van der Waals surface area contributed by atoms with Crippen LogP contribution in [0, 0.1) is 0 Å². The van der Waals surface area contributed by atoms with Gasteiger partial charge in [0.1, 0.15) is 11.3 Å². The number of carbonyl (C=O) groups excluding carboxylic acids is 2. The van der Waals surface area contributed by atoms with Crippen molar-refractivity contribution < 1.29 is 14.3 Å². The molecule has 1 aromatic heterocycles. The van der Waals surface area contributed by atoms with Crippen molar-refractivity contribution in [2.75, 3.05) is 11.5 Å². The molecule has 6 nitrogen and oxygen atoms in total. The first-order valence-electron chi connectivity index (χ1n) is 9.55. The lowest BCUT2D eigenvalue weighted by atomic mass is 10.1. The molecule has 0 atom stereocenters. The zero-order valence-corrected chi connectivity index (χ0v) is 18.1.